The molecule has 1 heterocycles. The maximum absolute atomic E-state index is 6.13. The molecule has 0 aliphatic heterocycles. The molecule has 1 aliphatic rings. The fourth-order valence-electron chi connectivity index (χ4n) is 1.98. The topological polar surface area (TPSA) is 12.0 Å². The number of hydrogen-bond donors (Lipinski definition) is 1. The first kappa shape index (κ1) is 10.7. The lowest BCUT2D eigenvalue weighted by molar-refractivity contribution is 0.505. The molecule has 1 nitrogen and oxygen atoms in total. The van der Waals surface area contributed by atoms with Gasteiger partial charge in [0.15, 0.2) is 0 Å². The van der Waals surface area contributed by atoms with Crippen molar-refractivity contribution < 1.29 is 0 Å². The summed E-state index contributed by atoms with van der Waals surface area (Å²) in [5.74, 6) is 1.53. The molecule has 78 valence electrons. The molecule has 3 atom stereocenters. The molecule has 0 amide bonds. The highest BCUT2D eigenvalue weighted by Gasteiger charge is 2.40. The third kappa shape index (κ3) is 1.94. The Balaban J connectivity index is 2.23. The SMILES string of the molecule is CNC(c1cc(Cl)sc1Cl)C1CC1C. The molecule has 1 N–H and O–H groups in total. The van der Waals surface area contributed by atoms with E-state index in [2.05, 4.69) is 12.2 Å². The van der Waals surface area contributed by atoms with Crippen LogP contribution in [0.1, 0.15) is 24.9 Å². The van der Waals surface area contributed by atoms with Crippen molar-refractivity contribution in [2.75, 3.05) is 7.05 Å². The predicted molar refractivity (Wildman–Crippen MR) is 63.4 cm³/mol. The first-order valence-corrected chi connectivity index (χ1v) is 6.32. The maximum atomic E-state index is 6.13. The van der Waals surface area contributed by atoms with Crippen LogP contribution in [-0.2, 0) is 0 Å². The van der Waals surface area contributed by atoms with E-state index < -0.39 is 0 Å². The van der Waals surface area contributed by atoms with Crippen molar-refractivity contribution in [3.8, 4) is 0 Å². The minimum absolute atomic E-state index is 0.376. The van der Waals surface area contributed by atoms with Crippen LogP contribution in [-0.4, -0.2) is 7.05 Å². The van der Waals surface area contributed by atoms with Gasteiger partial charge in [0.25, 0.3) is 0 Å². The van der Waals surface area contributed by atoms with E-state index >= 15 is 0 Å². The largest absolute Gasteiger partial charge is 0.313 e. The van der Waals surface area contributed by atoms with Crippen molar-refractivity contribution in [3.05, 3.63) is 20.3 Å². The lowest BCUT2D eigenvalue weighted by Crippen LogP contribution is -2.18. The van der Waals surface area contributed by atoms with Gasteiger partial charge >= 0.3 is 0 Å². The van der Waals surface area contributed by atoms with Gasteiger partial charge in [0.1, 0.15) is 0 Å². The highest BCUT2D eigenvalue weighted by atomic mass is 35.5. The van der Waals surface area contributed by atoms with E-state index in [9.17, 15) is 0 Å². The number of halogens is 2. The van der Waals surface area contributed by atoms with Crippen LogP contribution in [0.3, 0.4) is 0 Å². The standard InChI is InChI=1S/C10H13Cl2NS/c1-5-3-6(5)9(13-2)7-4-8(11)14-10(7)12/h4-6,9,13H,3H2,1-2H3. The summed E-state index contributed by atoms with van der Waals surface area (Å²) in [6.07, 6.45) is 1.29. The molecule has 1 aromatic rings. The van der Waals surface area contributed by atoms with Gasteiger partial charge in [-0.25, -0.2) is 0 Å². The van der Waals surface area contributed by atoms with E-state index in [0.29, 0.717) is 6.04 Å². The molecule has 0 saturated heterocycles. The van der Waals surface area contributed by atoms with Crippen molar-refractivity contribution >= 4 is 34.5 Å². The number of nitrogens with one attached hydrogen (secondary N) is 1. The summed E-state index contributed by atoms with van der Waals surface area (Å²) < 4.78 is 1.60. The lowest BCUT2D eigenvalue weighted by Gasteiger charge is -2.14. The fraction of sp³-hybridized carbons (Fsp3) is 0.600. The Morgan fingerprint density at radius 1 is 1.57 bits per heavy atom. The molecule has 1 aromatic heterocycles. The molecule has 0 aromatic carbocycles. The summed E-state index contributed by atoms with van der Waals surface area (Å²) in [6.45, 7) is 2.27. The van der Waals surface area contributed by atoms with Crippen LogP contribution >= 0.6 is 34.5 Å². The first-order valence-electron chi connectivity index (χ1n) is 4.75. The summed E-state index contributed by atoms with van der Waals surface area (Å²) in [6, 6.07) is 2.36. The lowest BCUT2D eigenvalue weighted by atomic mass is 10.1. The van der Waals surface area contributed by atoms with Crippen LogP contribution in [0.5, 0.6) is 0 Å². The van der Waals surface area contributed by atoms with E-state index in [1.165, 1.54) is 23.3 Å². The molecular weight excluding hydrogens is 237 g/mol. The Morgan fingerprint density at radius 2 is 2.21 bits per heavy atom. The third-order valence-electron chi connectivity index (χ3n) is 2.93. The Labute approximate surface area is 98.4 Å². The van der Waals surface area contributed by atoms with E-state index in [0.717, 1.165) is 20.5 Å². The van der Waals surface area contributed by atoms with Gasteiger partial charge in [-0.15, -0.1) is 11.3 Å². The fourth-order valence-corrected chi connectivity index (χ4v) is 3.53. The summed E-state index contributed by atoms with van der Waals surface area (Å²) in [7, 11) is 1.98. The van der Waals surface area contributed by atoms with Crippen LogP contribution in [0.25, 0.3) is 0 Å². The highest BCUT2D eigenvalue weighted by molar-refractivity contribution is 7.20. The van der Waals surface area contributed by atoms with Crippen molar-refractivity contribution in [2.24, 2.45) is 11.8 Å². The zero-order valence-electron chi connectivity index (χ0n) is 8.18. The van der Waals surface area contributed by atoms with Gasteiger partial charge in [0, 0.05) is 11.6 Å². The molecule has 4 heteroatoms. The smallest absolute Gasteiger partial charge is 0.0992 e. The first-order chi connectivity index (χ1) is 6.63. The van der Waals surface area contributed by atoms with Crippen LogP contribution in [0.15, 0.2) is 6.07 Å². The molecule has 0 bridgehead atoms. The van der Waals surface area contributed by atoms with Gasteiger partial charge in [-0.3, -0.25) is 0 Å². The average Bonchev–Trinajstić information content (AvgIpc) is 2.72. The maximum Gasteiger partial charge on any atom is 0.0992 e. The Morgan fingerprint density at radius 3 is 2.57 bits per heavy atom. The van der Waals surface area contributed by atoms with Crippen LogP contribution in [0.4, 0.5) is 0 Å². The monoisotopic (exact) mass is 249 g/mol. The number of hydrogen-bond acceptors (Lipinski definition) is 2. The van der Waals surface area contributed by atoms with E-state index in [1.54, 1.807) is 0 Å². The Bertz CT molecular complexity index is 337. The second-order valence-electron chi connectivity index (χ2n) is 3.92. The molecule has 14 heavy (non-hydrogen) atoms. The van der Waals surface area contributed by atoms with Crippen molar-refractivity contribution in [1.29, 1.82) is 0 Å². The zero-order valence-corrected chi connectivity index (χ0v) is 10.5. The van der Waals surface area contributed by atoms with Crippen molar-refractivity contribution in [1.82, 2.24) is 5.32 Å². The van der Waals surface area contributed by atoms with Gasteiger partial charge in [-0.1, -0.05) is 30.1 Å². The van der Waals surface area contributed by atoms with E-state index in [4.69, 9.17) is 23.2 Å². The quantitative estimate of drug-likeness (QED) is 0.855. The molecule has 2 rings (SSSR count). The van der Waals surface area contributed by atoms with Gasteiger partial charge < -0.3 is 5.32 Å². The molecular formula is C10H13Cl2NS. The van der Waals surface area contributed by atoms with Crippen LogP contribution in [0.2, 0.25) is 8.67 Å². The minimum Gasteiger partial charge on any atom is -0.313 e. The molecule has 3 unspecified atom stereocenters. The molecule has 0 spiro atoms. The Kier molecular flexibility index (Phi) is 3.08. The van der Waals surface area contributed by atoms with Crippen LogP contribution in [0, 0.1) is 11.8 Å². The second-order valence-corrected chi connectivity index (χ2v) is 6.21. The number of thiophene rings is 1. The molecule has 1 aliphatic carbocycles. The van der Waals surface area contributed by atoms with E-state index in [-0.39, 0.29) is 0 Å². The molecule has 1 saturated carbocycles. The summed E-state index contributed by atoms with van der Waals surface area (Å²) in [4.78, 5) is 0. The minimum atomic E-state index is 0.376. The van der Waals surface area contributed by atoms with Crippen LogP contribution < -0.4 is 5.32 Å². The normalized spacial score (nSPS) is 27.7. The highest BCUT2D eigenvalue weighted by Crippen LogP contribution is 2.49. The summed E-state index contributed by atoms with van der Waals surface area (Å²) >= 11 is 13.5. The molecule has 1 fully saturated rings. The van der Waals surface area contributed by atoms with Gasteiger partial charge in [-0.05, 0) is 31.4 Å². The van der Waals surface area contributed by atoms with Gasteiger partial charge in [0.05, 0.1) is 8.67 Å². The van der Waals surface area contributed by atoms with Gasteiger partial charge in [-0.2, -0.15) is 0 Å². The Hall–Kier alpha value is 0.240. The third-order valence-corrected chi connectivity index (χ3v) is 4.45. The van der Waals surface area contributed by atoms with E-state index in [1.807, 2.05) is 13.1 Å². The molecule has 0 radical (unpaired) electrons. The van der Waals surface area contributed by atoms with Crippen molar-refractivity contribution in [3.63, 3.8) is 0 Å². The average molecular weight is 250 g/mol. The summed E-state index contributed by atoms with van der Waals surface area (Å²) in [5.41, 5.74) is 1.17. The summed E-state index contributed by atoms with van der Waals surface area (Å²) in [5, 5.41) is 3.33. The predicted octanol–water partition coefficient (Wildman–Crippen LogP) is 3.97. The number of rotatable bonds is 3. The van der Waals surface area contributed by atoms with Crippen molar-refractivity contribution in [2.45, 2.75) is 19.4 Å². The second kappa shape index (κ2) is 4.01. The van der Waals surface area contributed by atoms with Gasteiger partial charge in [0.2, 0.25) is 0 Å². The zero-order chi connectivity index (χ0) is 10.3.